The lowest BCUT2D eigenvalue weighted by Crippen LogP contribution is -2.27. The Hall–Kier alpha value is -0.790. The summed E-state index contributed by atoms with van der Waals surface area (Å²) in [4.78, 5) is 13.2. The standard InChI is InChI=1S/C14H27NO/c1-5-6-7-8-9-10-11-12-15(4)14(16)13(2)3/h2,5-12H2,1,3-4H3. The molecule has 0 fully saturated rings. The summed E-state index contributed by atoms with van der Waals surface area (Å²) in [5, 5.41) is 0. The molecule has 0 aromatic rings. The number of hydrogen-bond acceptors (Lipinski definition) is 1. The summed E-state index contributed by atoms with van der Waals surface area (Å²) >= 11 is 0. The van der Waals surface area contributed by atoms with Crippen LogP contribution in [0.4, 0.5) is 0 Å². The minimum Gasteiger partial charge on any atom is -0.342 e. The topological polar surface area (TPSA) is 20.3 Å². The van der Waals surface area contributed by atoms with Crippen molar-refractivity contribution in [1.82, 2.24) is 4.90 Å². The summed E-state index contributed by atoms with van der Waals surface area (Å²) in [7, 11) is 1.86. The van der Waals surface area contributed by atoms with E-state index in [4.69, 9.17) is 0 Å². The first-order valence-electron chi connectivity index (χ1n) is 6.50. The average molecular weight is 225 g/mol. The Balaban J connectivity index is 3.38. The summed E-state index contributed by atoms with van der Waals surface area (Å²) < 4.78 is 0. The molecule has 0 saturated heterocycles. The maximum absolute atomic E-state index is 11.5. The molecule has 0 atom stereocenters. The van der Waals surface area contributed by atoms with Crippen molar-refractivity contribution in [3.63, 3.8) is 0 Å². The van der Waals surface area contributed by atoms with Gasteiger partial charge in [0.1, 0.15) is 0 Å². The predicted octanol–water partition coefficient (Wildman–Crippen LogP) is 3.77. The molecular formula is C14H27NO. The number of hydrogen-bond donors (Lipinski definition) is 0. The van der Waals surface area contributed by atoms with Gasteiger partial charge in [0.25, 0.3) is 0 Å². The fraction of sp³-hybridized carbons (Fsp3) is 0.786. The van der Waals surface area contributed by atoms with E-state index in [0.29, 0.717) is 5.57 Å². The van der Waals surface area contributed by atoms with Gasteiger partial charge in [-0.25, -0.2) is 0 Å². The number of carbonyl (C=O) groups is 1. The first kappa shape index (κ1) is 15.2. The Bertz CT molecular complexity index is 211. The molecule has 0 unspecified atom stereocenters. The van der Waals surface area contributed by atoms with E-state index < -0.39 is 0 Å². The van der Waals surface area contributed by atoms with Gasteiger partial charge in [-0.05, 0) is 13.3 Å². The minimum atomic E-state index is 0.0750. The molecule has 0 aliphatic carbocycles. The molecule has 0 N–H and O–H groups in total. The Labute approximate surface area is 101 Å². The normalized spacial score (nSPS) is 10.2. The van der Waals surface area contributed by atoms with Crippen molar-refractivity contribution < 1.29 is 4.79 Å². The molecule has 0 radical (unpaired) electrons. The van der Waals surface area contributed by atoms with Crippen LogP contribution < -0.4 is 0 Å². The minimum absolute atomic E-state index is 0.0750. The second-order valence-corrected chi connectivity index (χ2v) is 4.63. The van der Waals surface area contributed by atoms with Crippen LogP contribution in [0.3, 0.4) is 0 Å². The van der Waals surface area contributed by atoms with Gasteiger partial charge in [0, 0.05) is 19.2 Å². The van der Waals surface area contributed by atoms with E-state index in [-0.39, 0.29) is 5.91 Å². The molecule has 0 bridgehead atoms. The number of nitrogens with zero attached hydrogens (tertiary/aromatic N) is 1. The third-order valence-corrected chi connectivity index (χ3v) is 2.81. The lowest BCUT2D eigenvalue weighted by atomic mass is 10.1. The van der Waals surface area contributed by atoms with E-state index in [1.54, 1.807) is 11.8 Å². The van der Waals surface area contributed by atoms with Crippen molar-refractivity contribution in [3.8, 4) is 0 Å². The lowest BCUT2D eigenvalue weighted by molar-refractivity contribution is -0.125. The van der Waals surface area contributed by atoms with Crippen molar-refractivity contribution in [2.45, 2.75) is 58.8 Å². The van der Waals surface area contributed by atoms with Crippen LogP contribution in [0.2, 0.25) is 0 Å². The molecule has 1 amide bonds. The smallest absolute Gasteiger partial charge is 0.248 e. The van der Waals surface area contributed by atoms with Crippen molar-refractivity contribution >= 4 is 5.91 Å². The first-order valence-corrected chi connectivity index (χ1v) is 6.50. The molecule has 2 heteroatoms. The van der Waals surface area contributed by atoms with Gasteiger partial charge in [-0.3, -0.25) is 4.79 Å². The highest BCUT2D eigenvalue weighted by atomic mass is 16.2. The molecule has 0 aromatic heterocycles. The van der Waals surface area contributed by atoms with Gasteiger partial charge < -0.3 is 4.90 Å². The molecule has 0 aliphatic heterocycles. The Morgan fingerprint density at radius 3 is 2.06 bits per heavy atom. The first-order chi connectivity index (χ1) is 7.59. The maximum atomic E-state index is 11.5. The van der Waals surface area contributed by atoms with E-state index in [0.717, 1.165) is 13.0 Å². The highest BCUT2D eigenvalue weighted by Crippen LogP contribution is 2.07. The zero-order valence-corrected chi connectivity index (χ0v) is 11.2. The van der Waals surface area contributed by atoms with E-state index >= 15 is 0 Å². The molecule has 0 saturated carbocycles. The zero-order chi connectivity index (χ0) is 12.4. The molecule has 2 nitrogen and oxygen atoms in total. The zero-order valence-electron chi connectivity index (χ0n) is 11.2. The van der Waals surface area contributed by atoms with E-state index in [2.05, 4.69) is 13.5 Å². The molecule has 0 aromatic carbocycles. The predicted molar refractivity (Wildman–Crippen MR) is 70.4 cm³/mol. The van der Waals surface area contributed by atoms with Gasteiger partial charge in [-0.15, -0.1) is 0 Å². The summed E-state index contributed by atoms with van der Waals surface area (Å²) in [6.07, 6.45) is 9.00. The average Bonchev–Trinajstić information content (AvgIpc) is 2.26. The summed E-state index contributed by atoms with van der Waals surface area (Å²) in [6, 6.07) is 0. The van der Waals surface area contributed by atoms with Crippen LogP contribution in [0.5, 0.6) is 0 Å². The molecule has 0 heterocycles. The summed E-state index contributed by atoms with van der Waals surface area (Å²) in [5.74, 6) is 0.0750. The largest absolute Gasteiger partial charge is 0.342 e. The van der Waals surface area contributed by atoms with Crippen molar-refractivity contribution in [3.05, 3.63) is 12.2 Å². The van der Waals surface area contributed by atoms with Gasteiger partial charge in [0.05, 0.1) is 0 Å². The highest BCUT2D eigenvalue weighted by Gasteiger charge is 2.07. The Morgan fingerprint density at radius 1 is 1.06 bits per heavy atom. The van der Waals surface area contributed by atoms with Crippen molar-refractivity contribution in [2.75, 3.05) is 13.6 Å². The van der Waals surface area contributed by atoms with Gasteiger partial charge in [0.15, 0.2) is 0 Å². The SMILES string of the molecule is C=C(C)C(=O)N(C)CCCCCCCCC. The summed E-state index contributed by atoms with van der Waals surface area (Å²) in [5.41, 5.74) is 0.630. The Kier molecular flexibility index (Phi) is 8.97. The van der Waals surface area contributed by atoms with E-state index in [1.165, 1.54) is 38.5 Å². The van der Waals surface area contributed by atoms with Gasteiger partial charge in [-0.1, -0.05) is 52.0 Å². The monoisotopic (exact) mass is 225 g/mol. The second kappa shape index (κ2) is 9.44. The van der Waals surface area contributed by atoms with Crippen molar-refractivity contribution in [2.24, 2.45) is 0 Å². The van der Waals surface area contributed by atoms with Gasteiger partial charge in [-0.2, -0.15) is 0 Å². The molecule has 94 valence electrons. The van der Waals surface area contributed by atoms with Crippen LogP contribution in [-0.4, -0.2) is 24.4 Å². The Morgan fingerprint density at radius 2 is 1.56 bits per heavy atom. The molecule has 0 aliphatic rings. The number of rotatable bonds is 9. The number of likely N-dealkylation sites (N-methyl/N-ethyl adjacent to an activating group) is 1. The number of unbranched alkanes of at least 4 members (excludes halogenated alkanes) is 6. The molecule has 0 spiro atoms. The number of amides is 1. The van der Waals surface area contributed by atoms with Crippen LogP contribution in [0.15, 0.2) is 12.2 Å². The number of carbonyl (C=O) groups excluding carboxylic acids is 1. The third-order valence-electron chi connectivity index (χ3n) is 2.81. The fourth-order valence-electron chi connectivity index (χ4n) is 1.73. The second-order valence-electron chi connectivity index (χ2n) is 4.63. The molecule has 0 rings (SSSR count). The van der Waals surface area contributed by atoms with E-state index in [9.17, 15) is 4.79 Å². The maximum Gasteiger partial charge on any atom is 0.248 e. The fourth-order valence-corrected chi connectivity index (χ4v) is 1.73. The van der Waals surface area contributed by atoms with Crippen LogP contribution >= 0.6 is 0 Å². The van der Waals surface area contributed by atoms with Crippen LogP contribution in [-0.2, 0) is 4.79 Å². The quantitative estimate of drug-likeness (QED) is 0.432. The van der Waals surface area contributed by atoms with Crippen LogP contribution in [0, 0.1) is 0 Å². The molecular weight excluding hydrogens is 198 g/mol. The highest BCUT2D eigenvalue weighted by molar-refractivity contribution is 5.91. The molecule has 16 heavy (non-hydrogen) atoms. The van der Waals surface area contributed by atoms with Gasteiger partial charge >= 0.3 is 0 Å². The van der Waals surface area contributed by atoms with Gasteiger partial charge in [0.2, 0.25) is 5.91 Å². The lowest BCUT2D eigenvalue weighted by Gasteiger charge is -2.16. The third kappa shape index (κ3) is 7.49. The van der Waals surface area contributed by atoms with E-state index in [1.807, 2.05) is 7.05 Å². The van der Waals surface area contributed by atoms with Crippen LogP contribution in [0.1, 0.15) is 58.8 Å². The van der Waals surface area contributed by atoms with Crippen LogP contribution in [0.25, 0.3) is 0 Å². The summed E-state index contributed by atoms with van der Waals surface area (Å²) in [6.45, 7) is 8.53. The van der Waals surface area contributed by atoms with Crippen molar-refractivity contribution in [1.29, 1.82) is 0 Å².